The molecule has 0 aliphatic rings. The third-order valence-corrected chi connectivity index (χ3v) is 3.47. The summed E-state index contributed by atoms with van der Waals surface area (Å²) >= 11 is 0. The fourth-order valence-corrected chi connectivity index (χ4v) is 2.66. The van der Waals surface area contributed by atoms with Gasteiger partial charge in [0.1, 0.15) is 5.82 Å². The van der Waals surface area contributed by atoms with Crippen molar-refractivity contribution in [1.82, 2.24) is 9.55 Å². The third kappa shape index (κ3) is 3.08. The average molecular weight is 290 g/mol. The van der Waals surface area contributed by atoms with E-state index in [4.69, 9.17) is 4.74 Å². The van der Waals surface area contributed by atoms with Crippen molar-refractivity contribution in [3.05, 3.63) is 29.6 Å². The van der Waals surface area contributed by atoms with Gasteiger partial charge in [-0.3, -0.25) is 0 Å². The largest absolute Gasteiger partial charge is 0.478 e. The van der Waals surface area contributed by atoms with Crippen LogP contribution in [0.15, 0.2) is 18.2 Å². The molecule has 5 heteroatoms. The van der Waals surface area contributed by atoms with E-state index in [2.05, 4.69) is 4.98 Å². The van der Waals surface area contributed by atoms with Gasteiger partial charge in [-0.25, -0.2) is 9.78 Å². The van der Waals surface area contributed by atoms with E-state index < -0.39 is 5.97 Å². The van der Waals surface area contributed by atoms with Crippen LogP contribution in [0.3, 0.4) is 0 Å². The van der Waals surface area contributed by atoms with Crippen LogP contribution in [0.2, 0.25) is 0 Å². The molecule has 0 fully saturated rings. The molecule has 0 bridgehead atoms. The van der Waals surface area contributed by atoms with Gasteiger partial charge in [0.2, 0.25) is 0 Å². The Bertz CT molecular complexity index is 659. The number of aromatic nitrogens is 2. The summed E-state index contributed by atoms with van der Waals surface area (Å²) in [5.74, 6) is -0.0508. The van der Waals surface area contributed by atoms with Crippen LogP contribution in [0.5, 0.6) is 0 Å². The van der Waals surface area contributed by atoms with E-state index in [-0.39, 0.29) is 11.2 Å². The van der Waals surface area contributed by atoms with Crippen molar-refractivity contribution in [2.45, 2.75) is 46.3 Å². The molecule has 0 saturated heterocycles. The minimum atomic E-state index is -0.932. The molecule has 0 aliphatic carbocycles. The standard InChI is InChI=1S/C16H22N2O3/c1-5-13-17-12-9-7-8-11(15(19)20)14(12)18(13)10-16(3,4)21-6-2/h7-9H,5-6,10H2,1-4H3,(H,19,20). The van der Waals surface area contributed by atoms with Crippen molar-refractivity contribution >= 4 is 17.0 Å². The quantitative estimate of drug-likeness (QED) is 0.887. The van der Waals surface area contributed by atoms with E-state index in [1.54, 1.807) is 12.1 Å². The molecule has 0 aliphatic heterocycles. The van der Waals surface area contributed by atoms with E-state index in [9.17, 15) is 9.90 Å². The number of carbonyl (C=O) groups is 1. The molecule has 0 radical (unpaired) electrons. The number of ether oxygens (including phenoxy) is 1. The number of rotatable bonds is 6. The van der Waals surface area contributed by atoms with E-state index in [0.29, 0.717) is 18.7 Å². The Hall–Kier alpha value is -1.88. The average Bonchev–Trinajstić information content (AvgIpc) is 2.75. The first-order valence-corrected chi connectivity index (χ1v) is 7.25. The molecule has 1 aromatic heterocycles. The zero-order valence-corrected chi connectivity index (χ0v) is 13.0. The summed E-state index contributed by atoms with van der Waals surface area (Å²) in [6.45, 7) is 9.18. The monoisotopic (exact) mass is 290 g/mol. The molecule has 0 unspecified atom stereocenters. The number of nitrogens with zero attached hydrogens (tertiary/aromatic N) is 2. The van der Waals surface area contributed by atoms with Gasteiger partial charge in [0.05, 0.1) is 28.7 Å². The van der Waals surface area contributed by atoms with E-state index in [1.807, 2.05) is 38.3 Å². The maximum Gasteiger partial charge on any atom is 0.337 e. The van der Waals surface area contributed by atoms with E-state index in [0.717, 1.165) is 17.8 Å². The smallest absolute Gasteiger partial charge is 0.337 e. The lowest BCUT2D eigenvalue weighted by atomic mass is 10.1. The van der Waals surface area contributed by atoms with Gasteiger partial charge in [0.15, 0.2) is 0 Å². The van der Waals surface area contributed by atoms with Gasteiger partial charge in [-0.2, -0.15) is 0 Å². The molecule has 1 N–H and O–H groups in total. The summed E-state index contributed by atoms with van der Waals surface area (Å²) in [5, 5.41) is 9.42. The van der Waals surface area contributed by atoms with E-state index >= 15 is 0 Å². The first kappa shape index (κ1) is 15.5. The Morgan fingerprint density at radius 3 is 2.67 bits per heavy atom. The molecule has 0 atom stereocenters. The van der Waals surface area contributed by atoms with Crippen LogP contribution in [0, 0.1) is 0 Å². The van der Waals surface area contributed by atoms with Crippen molar-refractivity contribution in [2.24, 2.45) is 0 Å². The maximum atomic E-state index is 11.5. The van der Waals surface area contributed by atoms with Crippen LogP contribution in [0.25, 0.3) is 11.0 Å². The lowest BCUT2D eigenvalue weighted by Gasteiger charge is -2.26. The van der Waals surface area contributed by atoms with Gasteiger partial charge in [-0.15, -0.1) is 0 Å². The molecular weight excluding hydrogens is 268 g/mol. The van der Waals surface area contributed by atoms with Crippen LogP contribution in [-0.2, 0) is 17.7 Å². The SMILES string of the molecule is CCOC(C)(C)Cn1c(CC)nc2cccc(C(=O)O)c21. The van der Waals surface area contributed by atoms with Crippen molar-refractivity contribution in [3.63, 3.8) is 0 Å². The highest BCUT2D eigenvalue weighted by molar-refractivity contribution is 6.01. The number of benzene rings is 1. The lowest BCUT2D eigenvalue weighted by Crippen LogP contribution is -2.31. The number of fused-ring (bicyclic) bond motifs is 1. The van der Waals surface area contributed by atoms with Gasteiger partial charge < -0.3 is 14.4 Å². The second-order valence-corrected chi connectivity index (χ2v) is 5.64. The number of aromatic carboxylic acids is 1. The Labute approximate surface area is 124 Å². The summed E-state index contributed by atoms with van der Waals surface area (Å²) in [6, 6.07) is 5.21. The summed E-state index contributed by atoms with van der Waals surface area (Å²) in [6.07, 6.45) is 0.746. The summed E-state index contributed by atoms with van der Waals surface area (Å²) in [5.41, 5.74) is 1.30. The molecule has 0 amide bonds. The summed E-state index contributed by atoms with van der Waals surface area (Å²) in [7, 11) is 0. The highest BCUT2D eigenvalue weighted by atomic mass is 16.5. The molecular formula is C16H22N2O3. The second kappa shape index (κ2) is 5.85. The van der Waals surface area contributed by atoms with Gasteiger partial charge >= 0.3 is 5.97 Å². The van der Waals surface area contributed by atoms with Crippen LogP contribution in [0.4, 0.5) is 0 Å². The zero-order valence-electron chi connectivity index (χ0n) is 13.0. The molecule has 0 spiro atoms. The molecule has 1 heterocycles. The predicted octanol–water partition coefficient (Wildman–Crippen LogP) is 3.11. The van der Waals surface area contributed by atoms with Crippen molar-refractivity contribution < 1.29 is 14.6 Å². The number of hydrogen-bond donors (Lipinski definition) is 1. The molecule has 2 rings (SSSR count). The number of imidazole rings is 1. The summed E-state index contributed by atoms with van der Waals surface area (Å²) < 4.78 is 7.74. The van der Waals surface area contributed by atoms with E-state index in [1.165, 1.54) is 0 Å². The van der Waals surface area contributed by atoms with Crippen LogP contribution in [0.1, 0.15) is 43.9 Å². The van der Waals surface area contributed by atoms with Crippen LogP contribution < -0.4 is 0 Å². The number of aryl methyl sites for hydroxylation is 1. The molecule has 1 aromatic carbocycles. The van der Waals surface area contributed by atoms with Gasteiger partial charge in [-0.1, -0.05) is 13.0 Å². The van der Waals surface area contributed by atoms with Gasteiger partial charge in [0, 0.05) is 13.0 Å². The summed E-state index contributed by atoms with van der Waals surface area (Å²) in [4.78, 5) is 16.0. The topological polar surface area (TPSA) is 64.4 Å². The van der Waals surface area contributed by atoms with Crippen molar-refractivity contribution in [3.8, 4) is 0 Å². The Balaban J connectivity index is 2.62. The Morgan fingerprint density at radius 2 is 2.10 bits per heavy atom. The molecule has 21 heavy (non-hydrogen) atoms. The van der Waals surface area contributed by atoms with Crippen molar-refractivity contribution in [2.75, 3.05) is 6.61 Å². The van der Waals surface area contributed by atoms with Crippen molar-refractivity contribution in [1.29, 1.82) is 0 Å². The lowest BCUT2D eigenvalue weighted by molar-refractivity contribution is -0.0221. The number of carboxylic acid groups (broad SMARTS) is 1. The predicted molar refractivity (Wildman–Crippen MR) is 81.8 cm³/mol. The number of carboxylic acids is 1. The number of hydrogen-bond acceptors (Lipinski definition) is 3. The third-order valence-electron chi connectivity index (χ3n) is 3.47. The highest BCUT2D eigenvalue weighted by Gasteiger charge is 2.24. The molecule has 114 valence electrons. The second-order valence-electron chi connectivity index (χ2n) is 5.64. The molecule has 5 nitrogen and oxygen atoms in total. The fourth-order valence-electron chi connectivity index (χ4n) is 2.66. The molecule has 0 saturated carbocycles. The van der Waals surface area contributed by atoms with Gasteiger partial charge in [0.25, 0.3) is 0 Å². The Kier molecular flexibility index (Phi) is 4.32. The first-order chi connectivity index (χ1) is 9.89. The van der Waals surface area contributed by atoms with Gasteiger partial charge in [-0.05, 0) is 32.9 Å². The molecule has 2 aromatic rings. The maximum absolute atomic E-state index is 11.5. The minimum absolute atomic E-state index is 0.284. The normalized spacial score (nSPS) is 12.0. The van der Waals surface area contributed by atoms with Crippen LogP contribution in [-0.4, -0.2) is 32.8 Å². The number of para-hydroxylation sites is 1. The highest BCUT2D eigenvalue weighted by Crippen LogP contribution is 2.24. The van der Waals surface area contributed by atoms with Crippen LogP contribution >= 0.6 is 0 Å². The minimum Gasteiger partial charge on any atom is -0.478 e. The first-order valence-electron chi connectivity index (χ1n) is 7.25. The Morgan fingerprint density at radius 1 is 1.38 bits per heavy atom. The zero-order chi connectivity index (χ0) is 15.6. The fraction of sp³-hybridized carbons (Fsp3) is 0.500.